The molecule has 0 aliphatic rings. The number of hydrogen-bond acceptors (Lipinski definition) is 0. The van der Waals surface area contributed by atoms with Crippen molar-refractivity contribution in [1.29, 1.82) is 0 Å². The first-order valence-corrected chi connectivity index (χ1v) is 9.99. The lowest BCUT2D eigenvalue weighted by Gasteiger charge is -2.37. The van der Waals surface area contributed by atoms with Crippen molar-refractivity contribution in [3.63, 3.8) is 0 Å². The predicted octanol–water partition coefficient (Wildman–Crippen LogP) is 5.43. The summed E-state index contributed by atoms with van der Waals surface area (Å²) in [5, 5.41) is 3.25. The second kappa shape index (κ2) is 4.54. The van der Waals surface area contributed by atoms with Gasteiger partial charge in [-0.2, -0.15) is 0 Å². The number of fused-ring (bicyclic) bond motifs is 1. The second-order valence-corrected chi connectivity index (χ2v) is 12.6. The van der Waals surface area contributed by atoms with Crippen molar-refractivity contribution in [2.24, 2.45) is 0 Å². The van der Waals surface area contributed by atoms with Gasteiger partial charge in [0.15, 0.2) is 0 Å². The molecule has 0 N–H and O–H groups in total. The van der Waals surface area contributed by atoms with Crippen molar-refractivity contribution < 1.29 is 0 Å². The van der Waals surface area contributed by atoms with E-state index in [1.165, 1.54) is 22.4 Å². The first kappa shape index (κ1) is 13.4. The Morgan fingerprint density at radius 3 is 2.17 bits per heavy atom. The molecule has 0 heterocycles. The van der Waals surface area contributed by atoms with E-state index in [-0.39, 0.29) is 0 Å². The number of benzene rings is 2. The summed E-state index contributed by atoms with van der Waals surface area (Å²) in [5.41, 5.74) is 1.53. The third kappa shape index (κ3) is 2.51. The SMILES string of the molecule is CC(C)(C)[Si](C)(C)Cc1cccc2ccccc12. The third-order valence-corrected chi connectivity index (χ3v) is 9.87. The average Bonchev–Trinajstić information content (AvgIpc) is 2.27. The van der Waals surface area contributed by atoms with Crippen LogP contribution in [0, 0.1) is 0 Å². The largest absolute Gasteiger partial charge is 0.0687 e. The zero-order valence-electron chi connectivity index (χ0n) is 12.2. The second-order valence-electron chi connectivity index (χ2n) is 6.95. The van der Waals surface area contributed by atoms with Crippen LogP contribution in [0.3, 0.4) is 0 Å². The van der Waals surface area contributed by atoms with Crippen LogP contribution in [0.15, 0.2) is 42.5 Å². The van der Waals surface area contributed by atoms with Gasteiger partial charge in [0.25, 0.3) is 0 Å². The zero-order valence-corrected chi connectivity index (χ0v) is 13.2. The highest BCUT2D eigenvalue weighted by Crippen LogP contribution is 2.38. The van der Waals surface area contributed by atoms with Crippen molar-refractivity contribution in [3.05, 3.63) is 48.0 Å². The van der Waals surface area contributed by atoms with Gasteiger partial charge in [-0.15, -0.1) is 0 Å². The highest BCUT2D eigenvalue weighted by molar-refractivity contribution is 6.79. The summed E-state index contributed by atoms with van der Waals surface area (Å²) >= 11 is 0. The molecular formula is C17H24Si. The van der Waals surface area contributed by atoms with E-state index in [4.69, 9.17) is 0 Å². The van der Waals surface area contributed by atoms with Crippen molar-refractivity contribution in [2.45, 2.75) is 44.9 Å². The molecule has 0 aliphatic carbocycles. The van der Waals surface area contributed by atoms with Crippen molar-refractivity contribution >= 4 is 18.8 Å². The lowest BCUT2D eigenvalue weighted by atomic mass is 10.1. The molecule has 2 aromatic rings. The van der Waals surface area contributed by atoms with Crippen LogP contribution >= 0.6 is 0 Å². The normalized spacial score (nSPS) is 12.9. The molecule has 2 aromatic carbocycles. The first-order valence-electron chi connectivity index (χ1n) is 6.78. The Hall–Kier alpha value is -1.08. The monoisotopic (exact) mass is 256 g/mol. The van der Waals surface area contributed by atoms with E-state index in [0.29, 0.717) is 5.04 Å². The van der Waals surface area contributed by atoms with E-state index < -0.39 is 8.07 Å². The molecule has 0 unspecified atom stereocenters. The van der Waals surface area contributed by atoms with Gasteiger partial charge in [0.05, 0.1) is 8.07 Å². The first-order chi connectivity index (χ1) is 8.31. The lowest BCUT2D eigenvalue weighted by molar-refractivity contribution is 0.714. The highest BCUT2D eigenvalue weighted by Gasteiger charge is 2.35. The minimum absolute atomic E-state index is 0.448. The Kier molecular flexibility index (Phi) is 3.37. The van der Waals surface area contributed by atoms with Gasteiger partial charge in [-0.1, -0.05) is 76.3 Å². The van der Waals surface area contributed by atoms with E-state index in [0.717, 1.165) is 0 Å². The predicted molar refractivity (Wildman–Crippen MR) is 84.8 cm³/mol. The summed E-state index contributed by atoms with van der Waals surface area (Å²) in [6.07, 6.45) is 0. The van der Waals surface area contributed by atoms with Gasteiger partial charge in [-0.25, -0.2) is 0 Å². The smallest absolute Gasteiger partial charge is 0.0571 e. The molecular weight excluding hydrogens is 232 g/mol. The van der Waals surface area contributed by atoms with Crippen LogP contribution in [-0.2, 0) is 6.04 Å². The van der Waals surface area contributed by atoms with Crippen LogP contribution in [0.25, 0.3) is 10.8 Å². The Labute approximate surface area is 112 Å². The summed E-state index contributed by atoms with van der Waals surface area (Å²) in [7, 11) is -1.26. The molecule has 0 aliphatic heterocycles. The van der Waals surface area contributed by atoms with Crippen molar-refractivity contribution in [3.8, 4) is 0 Å². The molecule has 0 fully saturated rings. The number of rotatable bonds is 2. The van der Waals surface area contributed by atoms with E-state index in [1.54, 1.807) is 0 Å². The third-order valence-electron chi connectivity index (χ3n) is 4.54. The van der Waals surface area contributed by atoms with Crippen LogP contribution in [0.1, 0.15) is 26.3 Å². The van der Waals surface area contributed by atoms with E-state index in [1.807, 2.05) is 0 Å². The van der Waals surface area contributed by atoms with Crippen LogP contribution in [0.5, 0.6) is 0 Å². The molecule has 0 aromatic heterocycles. The van der Waals surface area contributed by atoms with Crippen LogP contribution < -0.4 is 0 Å². The summed E-state index contributed by atoms with van der Waals surface area (Å²) < 4.78 is 0. The Balaban J connectivity index is 2.44. The molecule has 2 rings (SSSR count). The van der Waals surface area contributed by atoms with E-state index in [2.05, 4.69) is 76.3 Å². The lowest BCUT2D eigenvalue weighted by Crippen LogP contribution is -2.39. The minimum atomic E-state index is -1.26. The summed E-state index contributed by atoms with van der Waals surface area (Å²) in [6.45, 7) is 12.2. The molecule has 0 atom stereocenters. The molecule has 0 amide bonds. The fourth-order valence-corrected chi connectivity index (χ4v) is 3.98. The van der Waals surface area contributed by atoms with Crippen LogP contribution in [0.4, 0.5) is 0 Å². The Morgan fingerprint density at radius 1 is 0.889 bits per heavy atom. The van der Waals surface area contributed by atoms with E-state index in [9.17, 15) is 0 Å². The molecule has 18 heavy (non-hydrogen) atoms. The number of hydrogen-bond donors (Lipinski definition) is 0. The summed E-state index contributed by atoms with van der Waals surface area (Å²) in [4.78, 5) is 0. The fourth-order valence-electron chi connectivity index (χ4n) is 2.19. The molecule has 0 nitrogen and oxygen atoms in total. The molecule has 96 valence electrons. The van der Waals surface area contributed by atoms with Crippen LogP contribution in [0.2, 0.25) is 18.1 Å². The molecule has 0 saturated carbocycles. The maximum absolute atomic E-state index is 2.51. The Morgan fingerprint density at radius 2 is 1.50 bits per heavy atom. The van der Waals surface area contributed by atoms with Gasteiger partial charge in [0.1, 0.15) is 0 Å². The van der Waals surface area contributed by atoms with Crippen molar-refractivity contribution in [1.82, 2.24) is 0 Å². The Bertz CT molecular complexity index is 542. The fraction of sp³-hybridized carbons (Fsp3) is 0.412. The average molecular weight is 256 g/mol. The maximum atomic E-state index is 2.51. The van der Waals surface area contributed by atoms with Gasteiger partial charge in [0.2, 0.25) is 0 Å². The molecule has 0 radical (unpaired) electrons. The van der Waals surface area contributed by atoms with Crippen molar-refractivity contribution in [2.75, 3.05) is 0 Å². The topological polar surface area (TPSA) is 0 Å². The van der Waals surface area contributed by atoms with Gasteiger partial charge in [-0.3, -0.25) is 0 Å². The quantitative estimate of drug-likeness (QED) is 0.628. The molecule has 0 saturated heterocycles. The van der Waals surface area contributed by atoms with Gasteiger partial charge >= 0.3 is 0 Å². The standard InChI is InChI=1S/C17H24Si/c1-17(2,3)18(4,5)13-15-11-8-10-14-9-6-7-12-16(14)15/h6-12H,13H2,1-5H3. The summed E-state index contributed by atoms with van der Waals surface area (Å²) in [6, 6.07) is 16.7. The van der Waals surface area contributed by atoms with Gasteiger partial charge in [0, 0.05) is 0 Å². The molecule has 0 bridgehead atoms. The summed E-state index contributed by atoms with van der Waals surface area (Å²) in [5.74, 6) is 0. The van der Waals surface area contributed by atoms with E-state index >= 15 is 0 Å². The van der Waals surface area contributed by atoms with Gasteiger partial charge in [-0.05, 0) is 27.4 Å². The van der Waals surface area contributed by atoms with Gasteiger partial charge < -0.3 is 0 Å². The molecule has 1 heteroatoms. The maximum Gasteiger partial charge on any atom is 0.0571 e. The van der Waals surface area contributed by atoms with Crippen LogP contribution in [-0.4, -0.2) is 8.07 Å². The zero-order chi connectivity index (χ0) is 13.4. The highest BCUT2D eigenvalue weighted by atomic mass is 28.3. The minimum Gasteiger partial charge on any atom is -0.0687 e. The molecule has 0 spiro atoms.